The third-order valence-corrected chi connectivity index (χ3v) is 7.53. The molecule has 0 saturated carbocycles. The van der Waals surface area contributed by atoms with Crippen LogP contribution in [0.5, 0.6) is 5.75 Å². The average Bonchev–Trinajstić information content (AvgIpc) is 3.54. The van der Waals surface area contributed by atoms with Gasteiger partial charge in [0.2, 0.25) is 23.6 Å². The second-order valence-electron chi connectivity index (χ2n) is 10.2. The molecule has 2 heterocycles. The Hall–Kier alpha value is -3.22. The Balaban J connectivity index is 1.98. The Labute approximate surface area is 222 Å². The van der Waals surface area contributed by atoms with E-state index in [1.807, 2.05) is 0 Å². The molecule has 0 aromatic heterocycles. The third-order valence-electron chi connectivity index (χ3n) is 7.53. The lowest BCUT2D eigenvalue weighted by molar-refractivity contribution is -0.152. The molecule has 0 radical (unpaired) electrons. The number of amides is 4. The molecule has 0 aliphatic carbocycles. The average molecular weight is 534 g/mol. The first-order valence-corrected chi connectivity index (χ1v) is 12.9. The number of nitrogens with two attached hydrogens (primary N) is 2. The van der Waals surface area contributed by atoms with Crippen LogP contribution in [0.15, 0.2) is 24.3 Å². The molecule has 2 aliphatic rings. The van der Waals surface area contributed by atoms with Crippen LogP contribution in [0.2, 0.25) is 0 Å². The maximum Gasteiger partial charge on any atom is 0.247 e. The van der Waals surface area contributed by atoms with Gasteiger partial charge in [-0.05, 0) is 57.2 Å². The van der Waals surface area contributed by atoms with Gasteiger partial charge < -0.3 is 41.5 Å². The van der Waals surface area contributed by atoms with E-state index in [9.17, 15) is 29.4 Å². The molecule has 38 heavy (non-hydrogen) atoms. The lowest BCUT2D eigenvalue weighted by atomic mass is 9.86. The van der Waals surface area contributed by atoms with E-state index in [-0.39, 0.29) is 13.0 Å². The molecule has 0 spiro atoms. The lowest BCUT2D eigenvalue weighted by Crippen LogP contribution is -2.65. The van der Waals surface area contributed by atoms with E-state index in [4.69, 9.17) is 16.2 Å². The monoisotopic (exact) mass is 533 g/mol. The van der Waals surface area contributed by atoms with Crippen molar-refractivity contribution in [2.45, 2.75) is 81.8 Å². The smallest absolute Gasteiger partial charge is 0.247 e. The fraction of sp³-hybridized carbons (Fsp3) is 0.615. The SMILES string of the molecule is COc1ccc(C[C@]2(C(=O)NC(C(N)=O)[C@@H](C)O)CCCN2C(=O)[C@@H]2CCCN2C(=O)[C@@H](N)[C@@H](C)O)cc1. The minimum atomic E-state index is -1.39. The van der Waals surface area contributed by atoms with Gasteiger partial charge in [0.05, 0.1) is 19.3 Å². The summed E-state index contributed by atoms with van der Waals surface area (Å²) in [5.41, 5.74) is 10.7. The Morgan fingerprint density at radius 1 is 1.11 bits per heavy atom. The zero-order valence-corrected chi connectivity index (χ0v) is 22.1. The van der Waals surface area contributed by atoms with Gasteiger partial charge >= 0.3 is 0 Å². The number of nitrogens with one attached hydrogen (secondary N) is 1. The molecule has 0 bridgehead atoms. The van der Waals surface area contributed by atoms with Crippen molar-refractivity contribution in [3.63, 3.8) is 0 Å². The van der Waals surface area contributed by atoms with Gasteiger partial charge in [-0.2, -0.15) is 0 Å². The summed E-state index contributed by atoms with van der Waals surface area (Å²) in [5.74, 6) is -1.81. The highest BCUT2D eigenvalue weighted by atomic mass is 16.5. The van der Waals surface area contributed by atoms with Gasteiger partial charge in [0.15, 0.2) is 0 Å². The number of carbonyl (C=O) groups is 4. The molecular weight excluding hydrogens is 494 g/mol. The van der Waals surface area contributed by atoms with Crippen molar-refractivity contribution in [3.8, 4) is 5.75 Å². The van der Waals surface area contributed by atoms with Crippen LogP contribution in [0, 0.1) is 0 Å². The van der Waals surface area contributed by atoms with Gasteiger partial charge in [0.1, 0.15) is 29.4 Å². The highest BCUT2D eigenvalue weighted by Gasteiger charge is 2.53. The van der Waals surface area contributed by atoms with E-state index in [1.54, 1.807) is 31.4 Å². The molecule has 1 aromatic rings. The zero-order valence-electron chi connectivity index (χ0n) is 22.1. The number of benzene rings is 1. The first-order chi connectivity index (χ1) is 17.9. The molecule has 6 atom stereocenters. The molecule has 12 heteroatoms. The number of methoxy groups -OCH3 is 1. The molecule has 1 aromatic carbocycles. The summed E-state index contributed by atoms with van der Waals surface area (Å²) in [6.07, 6.45) is -0.415. The molecule has 4 amide bonds. The Morgan fingerprint density at radius 2 is 1.76 bits per heavy atom. The van der Waals surface area contributed by atoms with E-state index in [2.05, 4.69) is 5.32 Å². The predicted molar refractivity (Wildman–Crippen MR) is 138 cm³/mol. The topological polar surface area (TPSA) is 189 Å². The summed E-state index contributed by atoms with van der Waals surface area (Å²) < 4.78 is 5.23. The van der Waals surface area contributed by atoms with Gasteiger partial charge in [-0.3, -0.25) is 19.2 Å². The number of likely N-dealkylation sites (tertiary alicyclic amines) is 2. The summed E-state index contributed by atoms with van der Waals surface area (Å²) in [6.45, 7) is 3.33. The molecule has 3 rings (SSSR count). The molecule has 2 saturated heterocycles. The largest absolute Gasteiger partial charge is 0.497 e. The Kier molecular flexibility index (Phi) is 9.34. The quantitative estimate of drug-likeness (QED) is 0.244. The second kappa shape index (κ2) is 12.1. The highest BCUT2D eigenvalue weighted by molar-refractivity contribution is 5.98. The number of primary amides is 1. The zero-order chi connectivity index (χ0) is 28.2. The third kappa shape index (κ3) is 5.92. The van der Waals surface area contributed by atoms with Crippen LogP contribution in [0.25, 0.3) is 0 Å². The number of hydrogen-bond donors (Lipinski definition) is 5. The van der Waals surface area contributed by atoms with Crippen LogP contribution < -0.4 is 21.5 Å². The predicted octanol–water partition coefficient (Wildman–Crippen LogP) is -1.35. The number of aliphatic hydroxyl groups excluding tert-OH is 2. The van der Waals surface area contributed by atoms with Crippen molar-refractivity contribution >= 4 is 23.6 Å². The maximum absolute atomic E-state index is 14.0. The summed E-state index contributed by atoms with van der Waals surface area (Å²) in [7, 11) is 1.54. The summed E-state index contributed by atoms with van der Waals surface area (Å²) in [4.78, 5) is 55.7. The van der Waals surface area contributed by atoms with Gasteiger partial charge in [-0.25, -0.2) is 0 Å². The van der Waals surface area contributed by atoms with E-state index < -0.39 is 59.5 Å². The van der Waals surface area contributed by atoms with Crippen molar-refractivity contribution in [2.24, 2.45) is 11.5 Å². The van der Waals surface area contributed by atoms with Crippen molar-refractivity contribution in [3.05, 3.63) is 29.8 Å². The number of rotatable bonds is 10. The molecule has 7 N–H and O–H groups in total. The van der Waals surface area contributed by atoms with Gasteiger partial charge in [-0.1, -0.05) is 12.1 Å². The van der Waals surface area contributed by atoms with Crippen LogP contribution in [0.3, 0.4) is 0 Å². The van der Waals surface area contributed by atoms with Gasteiger partial charge in [-0.15, -0.1) is 0 Å². The minimum absolute atomic E-state index is 0.133. The number of nitrogens with zero attached hydrogens (tertiary/aromatic N) is 2. The van der Waals surface area contributed by atoms with Crippen molar-refractivity contribution in [2.75, 3.05) is 20.2 Å². The van der Waals surface area contributed by atoms with E-state index >= 15 is 0 Å². The van der Waals surface area contributed by atoms with Crippen LogP contribution in [-0.4, -0.2) is 99.7 Å². The molecule has 1 unspecified atom stereocenters. The van der Waals surface area contributed by atoms with Crippen LogP contribution in [0.1, 0.15) is 45.1 Å². The van der Waals surface area contributed by atoms with Crippen LogP contribution >= 0.6 is 0 Å². The fourth-order valence-corrected chi connectivity index (χ4v) is 5.35. The first-order valence-electron chi connectivity index (χ1n) is 12.9. The van der Waals surface area contributed by atoms with Crippen molar-refractivity contribution < 1.29 is 34.1 Å². The molecular formula is C26H39N5O7. The number of hydrogen-bond acceptors (Lipinski definition) is 8. The maximum atomic E-state index is 14.0. The Bertz CT molecular complexity index is 1030. The summed E-state index contributed by atoms with van der Waals surface area (Å²) in [6, 6.07) is 3.73. The number of ether oxygens (including phenoxy) is 1. The lowest BCUT2D eigenvalue weighted by Gasteiger charge is -2.41. The van der Waals surface area contributed by atoms with Gasteiger partial charge in [0.25, 0.3) is 0 Å². The summed E-state index contributed by atoms with van der Waals surface area (Å²) >= 11 is 0. The van der Waals surface area contributed by atoms with Gasteiger partial charge in [0, 0.05) is 19.5 Å². The normalized spacial score (nSPS) is 24.4. The first kappa shape index (κ1) is 29.3. The van der Waals surface area contributed by atoms with Crippen LogP contribution in [0.4, 0.5) is 0 Å². The minimum Gasteiger partial charge on any atom is -0.497 e. The fourth-order valence-electron chi connectivity index (χ4n) is 5.35. The van der Waals surface area contributed by atoms with E-state index in [0.29, 0.717) is 38.0 Å². The van der Waals surface area contributed by atoms with E-state index in [0.717, 1.165) is 5.56 Å². The van der Waals surface area contributed by atoms with Crippen LogP contribution in [-0.2, 0) is 25.6 Å². The second-order valence-corrected chi connectivity index (χ2v) is 10.2. The molecule has 2 aliphatic heterocycles. The molecule has 12 nitrogen and oxygen atoms in total. The Morgan fingerprint density at radius 3 is 2.32 bits per heavy atom. The molecule has 2 fully saturated rings. The number of aliphatic hydroxyl groups is 2. The van der Waals surface area contributed by atoms with Crippen molar-refractivity contribution in [1.29, 1.82) is 0 Å². The standard InChI is InChI=1S/C26H39N5O7/c1-15(32)20(27)24(36)30-12-4-6-19(30)23(35)31-13-5-11-26(31,14-17-7-9-18(38-3)10-8-17)25(37)29-21(16(2)33)22(28)34/h7-10,15-16,19-21,32-33H,4-6,11-14,27H2,1-3H3,(H2,28,34)(H,29,37)/t15-,16-,19+,20+,21?,26+/m1/s1. The molecule has 210 valence electrons. The van der Waals surface area contributed by atoms with E-state index in [1.165, 1.54) is 23.6 Å². The number of carbonyl (C=O) groups excluding carboxylic acids is 4. The van der Waals surface area contributed by atoms with Crippen molar-refractivity contribution in [1.82, 2.24) is 15.1 Å². The highest BCUT2D eigenvalue weighted by Crippen LogP contribution is 2.36. The summed E-state index contributed by atoms with van der Waals surface area (Å²) in [5, 5.41) is 22.5.